The molecule has 10 heavy (non-hydrogen) atoms. The number of halogens is 3. The van der Waals surface area contributed by atoms with E-state index in [1.807, 2.05) is 12.1 Å². The second-order valence-electron chi connectivity index (χ2n) is 1.71. The first kappa shape index (κ1) is 8.50. The summed E-state index contributed by atoms with van der Waals surface area (Å²) in [6.07, 6.45) is 0. The number of rotatable bonds is 1. The Labute approximate surface area is 81.1 Å². The second-order valence-corrected chi connectivity index (χ2v) is 3.48. The molecule has 0 aliphatic heterocycles. The summed E-state index contributed by atoms with van der Waals surface area (Å²) in [5.41, 5.74) is 0.938. The monoisotopic (exact) mass is 283 g/mol. The number of pyridine rings is 1. The maximum Gasteiger partial charge on any atom is 0.143 e. The van der Waals surface area contributed by atoms with Crippen LogP contribution in [0.15, 0.2) is 16.6 Å². The van der Waals surface area contributed by atoms with Gasteiger partial charge in [0.1, 0.15) is 5.15 Å². The summed E-state index contributed by atoms with van der Waals surface area (Å²) < 4.78 is 0.832. The molecule has 0 amide bonds. The topological polar surface area (TPSA) is 12.9 Å². The molecule has 0 aromatic carbocycles. The van der Waals surface area contributed by atoms with Crippen LogP contribution in [-0.2, 0) is 5.33 Å². The van der Waals surface area contributed by atoms with Gasteiger partial charge in [-0.2, -0.15) is 0 Å². The summed E-state index contributed by atoms with van der Waals surface area (Å²) in [6, 6.07) is 3.79. The van der Waals surface area contributed by atoms with Gasteiger partial charge in [-0.15, -0.1) is 0 Å². The van der Waals surface area contributed by atoms with Crippen LogP contribution >= 0.6 is 43.5 Å². The third kappa shape index (κ3) is 1.94. The minimum absolute atomic E-state index is 0.511. The van der Waals surface area contributed by atoms with Gasteiger partial charge in [-0.05, 0) is 28.1 Å². The van der Waals surface area contributed by atoms with Crippen molar-refractivity contribution in [3.63, 3.8) is 0 Å². The van der Waals surface area contributed by atoms with Crippen LogP contribution in [0.5, 0.6) is 0 Å². The third-order valence-electron chi connectivity index (χ3n) is 0.998. The first-order chi connectivity index (χ1) is 4.74. The Balaban J connectivity index is 3.04. The first-order valence-electron chi connectivity index (χ1n) is 2.61. The highest BCUT2D eigenvalue weighted by Crippen LogP contribution is 2.20. The summed E-state index contributed by atoms with van der Waals surface area (Å²) >= 11 is 12.2. The molecule has 0 aliphatic rings. The van der Waals surface area contributed by atoms with Gasteiger partial charge in [0.25, 0.3) is 0 Å². The van der Waals surface area contributed by atoms with Crippen molar-refractivity contribution in [1.29, 1.82) is 0 Å². The molecule has 0 fully saturated rings. The molecule has 0 N–H and O–H groups in total. The second kappa shape index (κ2) is 3.69. The van der Waals surface area contributed by atoms with Crippen molar-refractivity contribution in [2.24, 2.45) is 0 Å². The smallest absolute Gasteiger partial charge is 0.143 e. The van der Waals surface area contributed by atoms with E-state index in [9.17, 15) is 0 Å². The van der Waals surface area contributed by atoms with E-state index < -0.39 is 0 Å². The largest absolute Gasteiger partial charge is 0.239 e. The van der Waals surface area contributed by atoms with Gasteiger partial charge < -0.3 is 0 Å². The summed E-state index contributed by atoms with van der Waals surface area (Å²) in [5, 5.41) is 1.25. The Hall–Kier alpha value is 0.400. The summed E-state index contributed by atoms with van der Waals surface area (Å²) in [5.74, 6) is 0. The lowest BCUT2D eigenvalue weighted by Crippen LogP contribution is -1.84. The molecule has 1 aromatic heterocycles. The van der Waals surface area contributed by atoms with Gasteiger partial charge in [0.05, 0.1) is 10.2 Å². The Morgan fingerprint density at radius 3 is 2.70 bits per heavy atom. The molecular formula is C6H4Br2ClN. The highest BCUT2D eigenvalue weighted by molar-refractivity contribution is 9.10. The fourth-order valence-corrected chi connectivity index (χ4v) is 1.23. The Morgan fingerprint density at radius 1 is 1.50 bits per heavy atom. The lowest BCUT2D eigenvalue weighted by molar-refractivity contribution is 1.17. The van der Waals surface area contributed by atoms with Gasteiger partial charge in [-0.1, -0.05) is 27.5 Å². The lowest BCUT2D eigenvalue weighted by atomic mass is 10.4. The zero-order valence-electron chi connectivity index (χ0n) is 4.94. The fourth-order valence-electron chi connectivity index (χ4n) is 0.529. The fraction of sp³-hybridized carbons (Fsp3) is 0.167. The average molecular weight is 285 g/mol. The molecule has 1 aromatic rings. The normalized spacial score (nSPS) is 9.90. The number of hydrogen-bond donors (Lipinski definition) is 0. The Bertz CT molecular complexity index is 239. The maximum atomic E-state index is 5.71. The van der Waals surface area contributed by atoms with Gasteiger partial charge >= 0.3 is 0 Å². The molecule has 4 heteroatoms. The quantitative estimate of drug-likeness (QED) is 0.569. The minimum Gasteiger partial charge on any atom is -0.239 e. The molecule has 1 nitrogen and oxygen atoms in total. The highest BCUT2D eigenvalue weighted by atomic mass is 79.9. The van der Waals surface area contributed by atoms with Gasteiger partial charge in [0.2, 0.25) is 0 Å². The highest BCUT2D eigenvalue weighted by Gasteiger charge is 1.97. The van der Waals surface area contributed by atoms with E-state index in [1.54, 1.807) is 0 Å². The molecule has 0 saturated heterocycles. The summed E-state index contributed by atoms with van der Waals surface area (Å²) in [6.45, 7) is 0. The van der Waals surface area contributed by atoms with Crippen molar-refractivity contribution in [2.75, 3.05) is 0 Å². The molecule has 1 heterocycles. The van der Waals surface area contributed by atoms with Crippen LogP contribution in [0.4, 0.5) is 0 Å². The molecule has 54 valence electrons. The molecule has 0 atom stereocenters. The predicted molar refractivity (Wildman–Crippen MR) is 49.6 cm³/mol. The Morgan fingerprint density at radius 2 is 2.20 bits per heavy atom. The molecule has 1 rings (SSSR count). The van der Waals surface area contributed by atoms with Gasteiger partial charge in [-0.3, -0.25) is 0 Å². The van der Waals surface area contributed by atoms with Crippen molar-refractivity contribution < 1.29 is 0 Å². The standard InChI is InChI=1S/C6H4Br2ClN/c7-3-4-1-2-5(8)6(9)10-4/h1-2H,3H2. The van der Waals surface area contributed by atoms with Crippen molar-refractivity contribution >= 4 is 43.5 Å². The minimum atomic E-state index is 0.511. The molecule has 0 bridgehead atoms. The molecule has 0 radical (unpaired) electrons. The van der Waals surface area contributed by atoms with Gasteiger partial charge in [-0.25, -0.2) is 4.98 Å². The number of nitrogens with zero attached hydrogens (tertiary/aromatic N) is 1. The van der Waals surface area contributed by atoms with E-state index in [4.69, 9.17) is 11.6 Å². The average Bonchev–Trinajstić information content (AvgIpc) is 1.95. The lowest BCUT2D eigenvalue weighted by Gasteiger charge is -1.96. The van der Waals surface area contributed by atoms with Crippen LogP contribution in [0.1, 0.15) is 5.69 Å². The zero-order valence-corrected chi connectivity index (χ0v) is 8.87. The van der Waals surface area contributed by atoms with Crippen molar-refractivity contribution in [3.05, 3.63) is 27.5 Å². The number of hydrogen-bond acceptors (Lipinski definition) is 1. The summed E-state index contributed by atoms with van der Waals surface area (Å²) in [4.78, 5) is 4.06. The van der Waals surface area contributed by atoms with Crippen LogP contribution in [0.3, 0.4) is 0 Å². The molecule has 0 saturated carbocycles. The van der Waals surface area contributed by atoms with Gasteiger partial charge in [0.15, 0.2) is 0 Å². The third-order valence-corrected chi connectivity index (χ3v) is 2.73. The Kier molecular flexibility index (Phi) is 3.14. The van der Waals surface area contributed by atoms with E-state index in [2.05, 4.69) is 36.8 Å². The van der Waals surface area contributed by atoms with Crippen molar-refractivity contribution in [3.8, 4) is 0 Å². The number of alkyl halides is 1. The van der Waals surface area contributed by atoms with E-state index >= 15 is 0 Å². The SMILES string of the molecule is Clc1nc(CBr)ccc1Br. The van der Waals surface area contributed by atoms with E-state index in [1.165, 1.54) is 0 Å². The molecule has 0 unspecified atom stereocenters. The first-order valence-corrected chi connectivity index (χ1v) is 4.90. The van der Waals surface area contributed by atoms with Crippen LogP contribution in [-0.4, -0.2) is 4.98 Å². The van der Waals surface area contributed by atoms with Crippen LogP contribution in [0, 0.1) is 0 Å². The number of aromatic nitrogens is 1. The predicted octanol–water partition coefficient (Wildman–Crippen LogP) is 3.39. The molecular weight excluding hydrogens is 281 g/mol. The van der Waals surface area contributed by atoms with Crippen LogP contribution in [0.25, 0.3) is 0 Å². The van der Waals surface area contributed by atoms with Crippen molar-refractivity contribution in [2.45, 2.75) is 5.33 Å². The van der Waals surface area contributed by atoms with E-state index in [-0.39, 0.29) is 0 Å². The van der Waals surface area contributed by atoms with E-state index in [0.717, 1.165) is 15.5 Å². The van der Waals surface area contributed by atoms with Crippen LogP contribution < -0.4 is 0 Å². The van der Waals surface area contributed by atoms with E-state index in [0.29, 0.717) is 5.15 Å². The molecule has 0 spiro atoms. The molecule has 0 aliphatic carbocycles. The zero-order chi connectivity index (χ0) is 7.56. The van der Waals surface area contributed by atoms with Gasteiger partial charge in [0, 0.05) is 5.33 Å². The van der Waals surface area contributed by atoms with Crippen molar-refractivity contribution in [1.82, 2.24) is 4.98 Å². The summed E-state index contributed by atoms with van der Waals surface area (Å²) in [7, 11) is 0. The van der Waals surface area contributed by atoms with Crippen LogP contribution in [0.2, 0.25) is 5.15 Å². The maximum absolute atomic E-state index is 5.71.